The molecule has 0 aliphatic rings. The zero-order chi connectivity index (χ0) is 16.1. The van der Waals surface area contributed by atoms with E-state index in [9.17, 15) is 4.79 Å². The highest BCUT2D eigenvalue weighted by molar-refractivity contribution is 6.31. The molecule has 0 saturated carbocycles. The standard InChI is InChI=1S/C17H17Cl2NO2/c1-11-8-15(16(22-2)10-14(11)19)20-17(21)7-6-12-4-3-5-13(18)9-12/h3-5,8-10H,6-7H2,1-2H3,(H,20,21). The van der Waals surface area contributed by atoms with Gasteiger partial charge in [0, 0.05) is 22.5 Å². The van der Waals surface area contributed by atoms with Crippen molar-refractivity contribution in [2.24, 2.45) is 0 Å². The van der Waals surface area contributed by atoms with Gasteiger partial charge in [-0.3, -0.25) is 4.79 Å². The molecule has 2 aromatic carbocycles. The van der Waals surface area contributed by atoms with E-state index in [4.69, 9.17) is 27.9 Å². The van der Waals surface area contributed by atoms with Crippen molar-refractivity contribution in [1.29, 1.82) is 0 Å². The smallest absolute Gasteiger partial charge is 0.224 e. The summed E-state index contributed by atoms with van der Waals surface area (Å²) in [5, 5.41) is 4.14. The average Bonchev–Trinajstić information content (AvgIpc) is 2.49. The fourth-order valence-corrected chi connectivity index (χ4v) is 2.46. The average molecular weight is 338 g/mol. The third kappa shape index (κ3) is 4.39. The van der Waals surface area contributed by atoms with Crippen molar-refractivity contribution in [1.82, 2.24) is 0 Å². The summed E-state index contributed by atoms with van der Waals surface area (Å²) in [6, 6.07) is 11.0. The number of carbonyl (C=O) groups is 1. The molecule has 1 amide bonds. The molecule has 0 bridgehead atoms. The first-order valence-electron chi connectivity index (χ1n) is 6.88. The van der Waals surface area contributed by atoms with Crippen molar-refractivity contribution in [2.45, 2.75) is 19.8 Å². The van der Waals surface area contributed by atoms with E-state index in [1.807, 2.05) is 31.2 Å². The summed E-state index contributed by atoms with van der Waals surface area (Å²) in [7, 11) is 1.54. The van der Waals surface area contributed by atoms with Crippen LogP contribution in [0.1, 0.15) is 17.5 Å². The fraction of sp³-hybridized carbons (Fsp3) is 0.235. The summed E-state index contributed by atoms with van der Waals surface area (Å²) in [6.45, 7) is 1.88. The Kier molecular flexibility index (Phi) is 5.69. The summed E-state index contributed by atoms with van der Waals surface area (Å²) in [6.07, 6.45) is 0.993. The Bertz CT molecular complexity index is 686. The van der Waals surface area contributed by atoms with Crippen molar-refractivity contribution < 1.29 is 9.53 Å². The van der Waals surface area contributed by atoms with Crippen LogP contribution in [0.4, 0.5) is 5.69 Å². The van der Waals surface area contributed by atoms with Gasteiger partial charge in [0.05, 0.1) is 12.8 Å². The molecule has 3 nitrogen and oxygen atoms in total. The number of aryl methyl sites for hydroxylation is 2. The fourth-order valence-electron chi connectivity index (χ4n) is 2.09. The second kappa shape index (κ2) is 7.52. The Balaban J connectivity index is 2.01. The number of anilines is 1. The van der Waals surface area contributed by atoms with Gasteiger partial charge in [-0.2, -0.15) is 0 Å². The molecule has 0 aliphatic carbocycles. The molecule has 0 aliphatic heterocycles. The third-order valence-electron chi connectivity index (χ3n) is 3.28. The van der Waals surface area contributed by atoms with Gasteiger partial charge >= 0.3 is 0 Å². The van der Waals surface area contributed by atoms with Crippen molar-refractivity contribution in [3.8, 4) is 5.75 Å². The van der Waals surface area contributed by atoms with Crippen LogP contribution in [0.25, 0.3) is 0 Å². The molecule has 1 N–H and O–H groups in total. The van der Waals surface area contributed by atoms with Gasteiger partial charge < -0.3 is 10.1 Å². The summed E-state index contributed by atoms with van der Waals surface area (Å²) >= 11 is 12.0. The molecular weight excluding hydrogens is 321 g/mol. The molecule has 0 spiro atoms. The molecule has 2 rings (SSSR count). The Hall–Kier alpha value is -1.71. The largest absolute Gasteiger partial charge is 0.495 e. The van der Waals surface area contributed by atoms with E-state index in [1.54, 1.807) is 19.2 Å². The maximum Gasteiger partial charge on any atom is 0.224 e. The Labute approximate surface area is 140 Å². The summed E-state index contributed by atoms with van der Waals surface area (Å²) < 4.78 is 5.24. The second-order valence-electron chi connectivity index (χ2n) is 4.98. The Morgan fingerprint density at radius 1 is 1.23 bits per heavy atom. The van der Waals surface area contributed by atoms with Crippen molar-refractivity contribution in [3.63, 3.8) is 0 Å². The minimum Gasteiger partial charge on any atom is -0.495 e. The maximum absolute atomic E-state index is 12.1. The minimum absolute atomic E-state index is 0.0833. The van der Waals surface area contributed by atoms with Crippen LogP contribution < -0.4 is 10.1 Å². The first-order valence-corrected chi connectivity index (χ1v) is 7.63. The number of halogens is 2. The van der Waals surface area contributed by atoms with Crippen molar-refractivity contribution in [3.05, 3.63) is 57.6 Å². The monoisotopic (exact) mass is 337 g/mol. The first-order chi connectivity index (χ1) is 10.5. The molecule has 0 heterocycles. The number of nitrogens with one attached hydrogen (secondary N) is 1. The molecule has 5 heteroatoms. The quantitative estimate of drug-likeness (QED) is 0.844. The maximum atomic E-state index is 12.1. The van der Waals surface area contributed by atoms with Gasteiger partial charge in [-0.05, 0) is 42.7 Å². The number of benzene rings is 2. The molecule has 116 valence electrons. The van der Waals surface area contributed by atoms with E-state index < -0.39 is 0 Å². The number of ether oxygens (including phenoxy) is 1. The topological polar surface area (TPSA) is 38.3 Å². The highest BCUT2D eigenvalue weighted by Gasteiger charge is 2.10. The van der Waals surface area contributed by atoms with Crippen LogP contribution in [0.2, 0.25) is 10.0 Å². The lowest BCUT2D eigenvalue weighted by Crippen LogP contribution is -2.13. The van der Waals surface area contributed by atoms with Crippen LogP contribution in [-0.2, 0) is 11.2 Å². The predicted molar refractivity (Wildman–Crippen MR) is 91.1 cm³/mol. The van der Waals surface area contributed by atoms with Crippen LogP contribution >= 0.6 is 23.2 Å². The molecule has 0 atom stereocenters. The van der Waals surface area contributed by atoms with Gasteiger partial charge in [-0.25, -0.2) is 0 Å². The van der Waals surface area contributed by atoms with E-state index in [0.717, 1.165) is 11.1 Å². The SMILES string of the molecule is COc1cc(Cl)c(C)cc1NC(=O)CCc1cccc(Cl)c1. The highest BCUT2D eigenvalue weighted by atomic mass is 35.5. The first kappa shape index (κ1) is 16.7. The normalized spacial score (nSPS) is 10.4. The Morgan fingerprint density at radius 3 is 2.68 bits per heavy atom. The van der Waals surface area contributed by atoms with Crippen LogP contribution in [0, 0.1) is 6.92 Å². The van der Waals surface area contributed by atoms with Crippen LogP contribution in [0.5, 0.6) is 5.75 Å². The zero-order valence-electron chi connectivity index (χ0n) is 12.5. The Morgan fingerprint density at radius 2 is 2.00 bits per heavy atom. The van der Waals surface area contributed by atoms with Gasteiger partial charge in [0.25, 0.3) is 0 Å². The van der Waals surface area contributed by atoms with Gasteiger partial charge in [0.1, 0.15) is 5.75 Å². The third-order valence-corrected chi connectivity index (χ3v) is 3.93. The molecular formula is C17H17Cl2NO2. The number of rotatable bonds is 5. The van der Waals surface area contributed by atoms with E-state index >= 15 is 0 Å². The van der Waals surface area contributed by atoms with E-state index in [2.05, 4.69) is 5.32 Å². The van der Waals surface area contributed by atoms with Crippen LogP contribution in [-0.4, -0.2) is 13.0 Å². The van der Waals surface area contributed by atoms with E-state index in [0.29, 0.717) is 34.3 Å². The molecule has 22 heavy (non-hydrogen) atoms. The zero-order valence-corrected chi connectivity index (χ0v) is 14.0. The lowest BCUT2D eigenvalue weighted by Gasteiger charge is -2.12. The van der Waals surface area contributed by atoms with Gasteiger partial charge in [0.2, 0.25) is 5.91 Å². The predicted octanol–water partition coefficient (Wildman–Crippen LogP) is 4.88. The van der Waals surface area contributed by atoms with Gasteiger partial charge in [0.15, 0.2) is 0 Å². The lowest BCUT2D eigenvalue weighted by atomic mass is 10.1. The molecule has 0 aromatic heterocycles. The molecule has 0 fully saturated rings. The van der Waals surface area contributed by atoms with Gasteiger partial charge in [-0.1, -0.05) is 35.3 Å². The number of hydrogen-bond donors (Lipinski definition) is 1. The molecule has 0 radical (unpaired) electrons. The highest BCUT2D eigenvalue weighted by Crippen LogP contribution is 2.31. The summed E-state index contributed by atoms with van der Waals surface area (Å²) in [5.41, 5.74) is 2.54. The number of carbonyl (C=O) groups excluding carboxylic acids is 1. The minimum atomic E-state index is -0.0833. The van der Waals surface area contributed by atoms with E-state index in [1.165, 1.54) is 0 Å². The van der Waals surface area contributed by atoms with Gasteiger partial charge in [-0.15, -0.1) is 0 Å². The van der Waals surface area contributed by atoms with Crippen LogP contribution in [0.15, 0.2) is 36.4 Å². The second-order valence-corrected chi connectivity index (χ2v) is 5.82. The number of hydrogen-bond acceptors (Lipinski definition) is 2. The van der Waals surface area contributed by atoms with Crippen molar-refractivity contribution in [2.75, 3.05) is 12.4 Å². The molecule has 0 saturated heterocycles. The van der Waals surface area contributed by atoms with Crippen LogP contribution in [0.3, 0.4) is 0 Å². The van der Waals surface area contributed by atoms with E-state index in [-0.39, 0.29) is 5.91 Å². The molecule has 0 unspecified atom stereocenters. The number of amides is 1. The van der Waals surface area contributed by atoms with Crippen molar-refractivity contribution >= 4 is 34.8 Å². The summed E-state index contributed by atoms with van der Waals surface area (Å²) in [5.74, 6) is 0.465. The lowest BCUT2D eigenvalue weighted by molar-refractivity contribution is -0.116. The molecule has 2 aromatic rings. The summed E-state index contributed by atoms with van der Waals surface area (Å²) in [4.78, 5) is 12.1. The number of methoxy groups -OCH3 is 1.